The number of hydrogen-bond acceptors (Lipinski definition) is 1. The van der Waals surface area contributed by atoms with Crippen molar-refractivity contribution < 1.29 is 0 Å². The highest BCUT2D eigenvalue weighted by molar-refractivity contribution is 4.85. The van der Waals surface area contributed by atoms with Crippen LogP contribution in [-0.4, -0.2) is 12.6 Å². The van der Waals surface area contributed by atoms with Crippen molar-refractivity contribution in [2.75, 3.05) is 6.54 Å². The molecule has 3 unspecified atom stereocenters. The quantitative estimate of drug-likeness (QED) is 0.717. The Balaban J connectivity index is 1.77. The molecule has 0 amide bonds. The Morgan fingerprint density at radius 3 is 2.39 bits per heavy atom. The van der Waals surface area contributed by atoms with Gasteiger partial charge in [0.05, 0.1) is 0 Å². The second-order valence-electron chi connectivity index (χ2n) is 6.82. The Bertz CT molecular complexity index is 220. The SMILES string of the molecule is CCNC(CCC1CCCCC1)C1CCCC1C. The van der Waals surface area contributed by atoms with Gasteiger partial charge in [-0.15, -0.1) is 0 Å². The van der Waals surface area contributed by atoms with E-state index < -0.39 is 0 Å². The molecule has 1 nitrogen and oxygen atoms in total. The molecule has 2 fully saturated rings. The van der Waals surface area contributed by atoms with Crippen molar-refractivity contribution >= 4 is 0 Å². The summed E-state index contributed by atoms with van der Waals surface area (Å²) in [5.41, 5.74) is 0. The summed E-state index contributed by atoms with van der Waals surface area (Å²) < 4.78 is 0. The first kappa shape index (κ1) is 14.4. The lowest BCUT2D eigenvalue weighted by Gasteiger charge is -2.30. The molecule has 0 aromatic carbocycles. The topological polar surface area (TPSA) is 12.0 Å². The monoisotopic (exact) mass is 251 g/mol. The third-order valence-corrected chi connectivity index (χ3v) is 5.52. The molecular formula is C17H33N. The largest absolute Gasteiger partial charge is 0.314 e. The van der Waals surface area contributed by atoms with E-state index in [1.807, 2.05) is 0 Å². The standard InChI is InChI=1S/C17H33N/c1-3-18-17(16-11-7-8-14(16)2)13-12-15-9-5-4-6-10-15/h14-18H,3-13H2,1-2H3. The Hall–Kier alpha value is -0.0400. The van der Waals surface area contributed by atoms with Gasteiger partial charge in [0.25, 0.3) is 0 Å². The maximum Gasteiger partial charge on any atom is 0.00978 e. The van der Waals surface area contributed by atoms with E-state index in [-0.39, 0.29) is 0 Å². The molecule has 0 aromatic heterocycles. The van der Waals surface area contributed by atoms with E-state index in [2.05, 4.69) is 19.2 Å². The first-order chi connectivity index (χ1) is 8.81. The van der Waals surface area contributed by atoms with E-state index in [9.17, 15) is 0 Å². The maximum atomic E-state index is 3.79. The highest BCUT2D eigenvalue weighted by Crippen LogP contribution is 2.36. The van der Waals surface area contributed by atoms with Gasteiger partial charge in [-0.05, 0) is 43.6 Å². The van der Waals surface area contributed by atoms with Crippen LogP contribution >= 0.6 is 0 Å². The van der Waals surface area contributed by atoms with E-state index >= 15 is 0 Å². The molecule has 0 radical (unpaired) electrons. The third-order valence-electron chi connectivity index (χ3n) is 5.52. The summed E-state index contributed by atoms with van der Waals surface area (Å²) in [4.78, 5) is 0. The molecule has 3 atom stereocenters. The van der Waals surface area contributed by atoms with Crippen molar-refractivity contribution in [2.45, 2.75) is 84.1 Å². The molecule has 0 aromatic rings. The van der Waals surface area contributed by atoms with Crippen LogP contribution in [0.2, 0.25) is 0 Å². The zero-order valence-electron chi connectivity index (χ0n) is 12.6. The minimum atomic E-state index is 0.814. The van der Waals surface area contributed by atoms with Gasteiger partial charge in [0.15, 0.2) is 0 Å². The third kappa shape index (κ3) is 3.98. The zero-order valence-corrected chi connectivity index (χ0v) is 12.6. The lowest BCUT2D eigenvalue weighted by molar-refractivity contribution is 0.251. The van der Waals surface area contributed by atoms with Gasteiger partial charge in [-0.3, -0.25) is 0 Å². The van der Waals surface area contributed by atoms with Gasteiger partial charge in [0.2, 0.25) is 0 Å². The summed E-state index contributed by atoms with van der Waals surface area (Å²) in [5, 5.41) is 3.79. The van der Waals surface area contributed by atoms with E-state index in [0.717, 1.165) is 30.3 Å². The lowest BCUT2D eigenvalue weighted by atomic mass is 9.81. The Kier molecular flexibility index (Phi) is 6.01. The molecule has 0 spiro atoms. The number of hydrogen-bond donors (Lipinski definition) is 1. The van der Waals surface area contributed by atoms with Crippen LogP contribution in [0.4, 0.5) is 0 Å². The highest BCUT2D eigenvalue weighted by atomic mass is 14.9. The highest BCUT2D eigenvalue weighted by Gasteiger charge is 2.30. The molecular weight excluding hydrogens is 218 g/mol. The Labute approximate surface area is 114 Å². The van der Waals surface area contributed by atoms with Crippen LogP contribution in [0.3, 0.4) is 0 Å². The molecule has 1 N–H and O–H groups in total. The first-order valence-electron chi connectivity index (χ1n) is 8.54. The second-order valence-corrected chi connectivity index (χ2v) is 6.82. The lowest BCUT2D eigenvalue weighted by Crippen LogP contribution is -2.37. The summed E-state index contributed by atoms with van der Waals surface area (Å²) in [6.45, 7) is 5.90. The van der Waals surface area contributed by atoms with E-state index in [4.69, 9.17) is 0 Å². The van der Waals surface area contributed by atoms with Crippen molar-refractivity contribution in [1.29, 1.82) is 0 Å². The molecule has 0 aliphatic heterocycles. The second kappa shape index (κ2) is 7.53. The van der Waals surface area contributed by atoms with Crippen LogP contribution in [0.25, 0.3) is 0 Å². The van der Waals surface area contributed by atoms with Crippen LogP contribution < -0.4 is 5.32 Å². The van der Waals surface area contributed by atoms with Gasteiger partial charge in [-0.25, -0.2) is 0 Å². The van der Waals surface area contributed by atoms with Crippen LogP contribution in [-0.2, 0) is 0 Å². The molecule has 2 saturated carbocycles. The van der Waals surface area contributed by atoms with Crippen LogP contribution in [0.1, 0.15) is 78.1 Å². The Morgan fingerprint density at radius 2 is 1.78 bits per heavy atom. The van der Waals surface area contributed by atoms with Crippen molar-refractivity contribution in [3.05, 3.63) is 0 Å². The van der Waals surface area contributed by atoms with E-state index in [1.54, 1.807) is 0 Å². The fourth-order valence-corrected chi connectivity index (χ4v) is 4.39. The summed E-state index contributed by atoms with van der Waals surface area (Å²) >= 11 is 0. The number of rotatable bonds is 6. The molecule has 106 valence electrons. The Morgan fingerprint density at radius 1 is 1.00 bits per heavy atom. The predicted molar refractivity (Wildman–Crippen MR) is 79.8 cm³/mol. The smallest absolute Gasteiger partial charge is 0.00978 e. The average molecular weight is 251 g/mol. The van der Waals surface area contributed by atoms with Gasteiger partial charge in [0.1, 0.15) is 0 Å². The van der Waals surface area contributed by atoms with Crippen LogP contribution in [0.15, 0.2) is 0 Å². The average Bonchev–Trinajstić information content (AvgIpc) is 2.82. The van der Waals surface area contributed by atoms with Crippen molar-refractivity contribution in [2.24, 2.45) is 17.8 Å². The summed E-state index contributed by atoms with van der Waals surface area (Å²) in [5.74, 6) is 2.98. The first-order valence-corrected chi connectivity index (χ1v) is 8.54. The molecule has 2 aliphatic rings. The normalized spacial score (nSPS) is 31.7. The molecule has 2 aliphatic carbocycles. The molecule has 1 heteroatoms. The minimum Gasteiger partial charge on any atom is -0.314 e. The van der Waals surface area contributed by atoms with E-state index in [1.165, 1.54) is 64.2 Å². The van der Waals surface area contributed by atoms with Crippen molar-refractivity contribution in [3.8, 4) is 0 Å². The van der Waals surface area contributed by atoms with Gasteiger partial charge in [-0.1, -0.05) is 58.8 Å². The minimum absolute atomic E-state index is 0.814. The zero-order chi connectivity index (χ0) is 12.8. The van der Waals surface area contributed by atoms with E-state index in [0.29, 0.717) is 0 Å². The predicted octanol–water partition coefficient (Wildman–Crippen LogP) is 4.76. The molecule has 2 rings (SSSR count). The summed E-state index contributed by atoms with van der Waals surface area (Å²) in [6, 6.07) is 0.814. The number of nitrogens with one attached hydrogen (secondary N) is 1. The van der Waals surface area contributed by atoms with Gasteiger partial charge >= 0.3 is 0 Å². The van der Waals surface area contributed by atoms with Crippen molar-refractivity contribution in [1.82, 2.24) is 5.32 Å². The van der Waals surface area contributed by atoms with Crippen molar-refractivity contribution in [3.63, 3.8) is 0 Å². The molecule has 0 bridgehead atoms. The maximum absolute atomic E-state index is 3.79. The van der Waals surface area contributed by atoms with Gasteiger partial charge < -0.3 is 5.32 Å². The fourth-order valence-electron chi connectivity index (χ4n) is 4.39. The molecule has 0 heterocycles. The van der Waals surface area contributed by atoms with Crippen LogP contribution in [0.5, 0.6) is 0 Å². The molecule has 18 heavy (non-hydrogen) atoms. The fraction of sp³-hybridized carbons (Fsp3) is 1.00. The van der Waals surface area contributed by atoms with Crippen LogP contribution in [0, 0.1) is 17.8 Å². The van der Waals surface area contributed by atoms with Gasteiger partial charge in [-0.2, -0.15) is 0 Å². The summed E-state index contributed by atoms with van der Waals surface area (Å²) in [7, 11) is 0. The summed E-state index contributed by atoms with van der Waals surface area (Å²) in [6.07, 6.45) is 14.8. The van der Waals surface area contributed by atoms with Gasteiger partial charge in [0, 0.05) is 6.04 Å². The molecule has 0 saturated heterocycles.